The zero-order chi connectivity index (χ0) is 20.2. The Balaban J connectivity index is 1.92. The van der Waals surface area contributed by atoms with Crippen LogP contribution in [0.4, 0.5) is 5.69 Å². The maximum Gasteiger partial charge on any atom is 0.258 e. The van der Waals surface area contributed by atoms with E-state index in [4.69, 9.17) is 4.74 Å². The lowest BCUT2D eigenvalue weighted by Gasteiger charge is -2.18. The van der Waals surface area contributed by atoms with Crippen LogP contribution in [0, 0.1) is 13.8 Å². The van der Waals surface area contributed by atoms with Crippen LogP contribution in [0.5, 0.6) is 5.75 Å². The van der Waals surface area contributed by atoms with Crippen molar-refractivity contribution >= 4 is 21.6 Å². The molecule has 7 heteroatoms. The smallest absolute Gasteiger partial charge is 0.258 e. The van der Waals surface area contributed by atoms with Crippen LogP contribution in [0.1, 0.15) is 29.7 Å². The highest BCUT2D eigenvalue weighted by atomic mass is 32.2. The van der Waals surface area contributed by atoms with Crippen molar-refractivity contribution < 1.29 is 17.9 Å². The van der Waals surface area contributed by atoms with E-state index in [1.807, 2.05) is 32.9 Å². The molecule has 0 aliphatic heterocycles. The molecule has 1 amide bonds. The molecule has 0 fully saturated rings. The van der Waals surface area contributed by atoms with Crippen molar-refractivity contribution in [1.82, 2.24) is 5.32 Å². The van der Waals surface area contributed by atoms with Gasteiger partial charge in [-0.1, -0.05) is 23.8 Å². The molecule has 0 radical (unpaired) electrons. The van der Waals surface area contributed by atoms with Crippen molar-refractivity contribution in [2.24, 2.45) is 0 Å². The molecule has 2 aromatic rings. The molecule has 0 saturated carbocycles. The lowest BCUT2D eigenvalue weighted by molar-refractivity contribution is -0.123. The molecule has 6 nitrogen and oxygen atoms in total. The van der Waals surface area contributed by atoms with Crippen molar-refractivity contribution in [3.05, 3.63) is 59.2 Å². The second kappa shape index (κ2) is 8.43. The lowest BCUT2D eigenvalue weighted by atomic mass is 10.00. The Labute approximate surface area is 161 Å². The number of aryl methyl sites for hydroxylation is 2. The standard InChI is InChI=1S/C20H26N2O4S/c1-14-6-7-15(2)19(12-14)16(3)21-20(23)13-26-18-10-8-17(9-11-18)22(4)27(5,24)25/h6-12,16H,13H2,1-5H3,(H,21,23)/t16-/m0/s1. The van der Waals surface area contributed by atoms with Crippen LogP contribution in [-0.4, -0.2) is 34.2 Å². The number of nitrogens with one attached hydrogen (secondary N) is 1. The van der Waals surface area contributed by atoms with Crippen molar-refractivity contribution in [3.8, 4) is 5.75 Å². The number of carbonyl (C=O) groups excluding carboxylic acids is 1. The summed E-state index contributed by atoms with van der Waals surface area (Å²) in [5.74, 6) is 0.274. The fraction of sp³-hybridized carbons (Fsp3) is 0.350. The van der Waals surface area contributed by atoms with E-state index >= 15 is 0 Å². The Morgan fingerprint density at radius 3 is 2.37 bits per heavy atom. The van der Waals surface area contributed by atoms with E-state index in [0.29, 0.717) is 11.4 Å². The fourth-order valence-corrected chi connectivity index (χ4v) is 3.18. The topological polar surface area (TPSA) is 75.7 Å². The van der Waals surface area contributed by atoms with E-state index in [-0.39, 0.29) is 18.6 Å². The normalized spacial score (nSPS) is 12.3. The van der Waals surface area contributed by atoms with E-state index in [0.717, 1.165) is 22.9 Å². The Morgan fingerprint density at radius 1 is 1.15 bits per heavy atom. The van der Waals surface area contributed by atoms with Gasteiger partial charge in [-0.15, -0.1) is 0 Å². The fourth-order valence-electron chi connectivity index (χ4n) is 2.68. The number of amides is 1. The number of hydrogen-bond donors (Lipinski definition) is 1. The molecule has 2 aromatic carbocycles. The van der Waals surface area contributed by atoms with Gasteiger partial charge >= 0.3 is 0 Å². The quantitative estimate of drug-likeness (QED) is 0.789. The largest absolute Gasteiger partial charge is 0.484 e. The maximum absolute atomic E-state index is 12.2. The number of rotatable bonds is 7. The summed E-state index contributed by atoms with van der Waals surface area (Å²) in [5, 5.41) is 2.93. The number of benzene rings is 2. The molecule has 0 spiro atoms. The maximum atomic E-state index is 12.2. The van der Waals surface area contributed by atoms with E-state index in [1.54, 1.807) is 24.3 Å². The first-order valence-corrected chi connectivity index (χ1v) is 10.5. The average Bonchev–Trinajstić information content (AvgIpc) is 2.61. The molecule has 0 aromatic heterocycles. The molecule has 27 heavy (non-hydrogen) atoms. The summed E-state index contributed by atoms with van der Waals surface area (Å²) < 4.78 is 29.8. The molecular formula is C20H26N2O4S. The average molecular weight is 391 g/mol. The first-order chi connectivity index (χ1) is 12.6. The molecule has 1 atom stereocenters. The zero-order valence-corrected chi connectivity index (χ0v) is 17.1. The van der Waals surface area contributed by atoms with Gasteiger partial charge in [0.15, 0.2) is 6.61 Å². The van der Waals surface area contributed by atoms with Crippen molar-refractivity contribution in [1.29, 1.82) is 0 Å². The van der Waals surface area contributed by atoms with Crippen LogP contribution in [-0.2, 0) is 14.8 Å². The summed E-state index contributed by atoms with van der Waals surface area (Å²) in [6.07, 6.45) is 1.14. The minimum atomic E-state index is -3.31. The van der Waals surface area contributed by atoms with Crippen molar-refractivity contribution in [2.45, 2.75) is 26.8 Å². The summed E-state index contributed by atoms with van der Waals surface area (Å²) >= 11 is 0. The minimum Gasteiger partial charge on any atom is -0.484 e. The Hall–Kier alpha value is -2.54. The molecular weight excluding hydrogens is 364 g/mol. The van der Waals surface area contributed by atoms with Gasteiger partial charge in [-0.2, -0.15) is 0 Å². The van der Waals surface area contributed by atoms with Gasteiger partial charge < -0.3 is 10.1 Å². The summed E-state index contributed by atoms with van der Waals surface area (Å²) in [4.78, 5) is 12.2. The van der Waals surface area contributed by atoms with E-state index < -0.39 is 10.0 Å². The summed E-state index contributed by atoms with van der Waals surface area (Å²) in [7, 11) is -1.83. The molecule has 146 valence electrons. The van der Waals surface area contributed by atoms with E-state index in [1.165, 1.54) is 11.4 Å². The van der Waals surface area contributed by atoms with Gasteiger partial charge in [0.2, 0.25) is 10.0 Å². The van der Waals surface area contributed by atoms with Gasteiger partial charge in [-0.05, 0) is 56.2 Å². The van der Waals surface area contributed by atoms with Gasteiger partial charge in [0, 0.05) is 7.05 Å². The predicted octanol–water partition coefficient (Wildman–Crippen LogP) is 2.96. The number of carbonyl (C=O) groups is 1. The van der Waals surface area contributed by atoms with Gasteiger partial charge in [0.1, 0.15) is 5.75 Å². The second-order valence-corrected chi connectivity index (χ2v) is 8.68. The Bertz CT molecular complexity index is 908. The first kappa shape index (κ1) is 20.8. The van der Waals surface area contributed by atoms with Crippen molar-refractivity contribution in [3.63, 3.8) is 0 Å². The molecule has 2 rings (SSSR count). The lowest BCUT2D eigenvalue weighted by Crippen LogP contribution is -2.31. The Kier molecular flexibility index (Phi) is 6.49. The van der Waals surface area contributed by atoms with Gasteiger partial charge in [-0.25, -0.2) is 8.42 Å². The zero-order valence-electron chi connectivity index (χ0n) is 16.3. The van der Waals surface area contributed by atoms with Crippen LogP contribution in [0.2, 0.25) is 0 Å². The molecule has 1 N–H and O–H groups in total. The SMILES string of the molecule is Cc1ccc(C)c([C@H](C)NC(=O)COc2ccc(N(C)S(C)(=O)=O)cc2)c1. The van der Waals surface area contributed by atoms with Gasteiger partial charge in [0.05, 0.1) is 18.0 Å². The highest BCUT2D eigenvalue weighted by Gasteiger charge is 2.14. The Morgan fingerprint density at radius 2 is 1.78 bits per heavy atom. The van der Waals surface area contributed by atoms with Gasteiger partial charge in [-0.3, -0.25) is 9.10 Å². The third kappa shape index (κ3) is 5.72. The number of ether oxygens (including phenoxy) is 1. The number of sulfonamides is 1. The number of hydrogen-bond acceptors (Lipinski definition) is 4. The summed E-state index contributed by atoms with van der Waals surface area (Å²) in [5.41, 5.74) is 3.88. The minimum absolute atomic E-state index is 0.115. The summed E-state index contributed by atoms with van der Waals surface area (Å²) in [6, 6.07) is 12.6. The summed E-state index contributed by atoms with van der Waals surface area (Å²) in [6.45, 7) is 5.86. The van der Waals surface area contributed by atoms with Crippen molar-refractivity contribution in [2.75, 3.05) is 24.2 Å². The molecule has 0 aliphatic carbocycles. The first-order valence-electron chi connectivity index (χ1n) is 8.61. The third-order valence-corrected chi connectivity index (χ3v) is 5.55. The molecule has 0 bridgehead atoms. The van der Waals surface area contributed by atoms with Crippen LogP contribution in [0.15, 0.2) is 42.5 Å². The van der Waals surface area contributed by atoms with Gasteiger partial charge in [0.25, 0.3) is 5.91 Å². The van der Waals surface area contributed by atoms with E-state index in [9.17, 15) is 13.2 Å². The highest BCUT2D eigenvalue weighted by Crippen LogP contribution is 2.21. The van der Waals surface area contributed by atoms with Crippen LogP contribution >= 0.6 is 0 Å². The van der Waals surface area contributed by atoms with Crippen LogP contribution in [0.3, 0.4) is 0 Å². The highest BCUT2D eigenvalue weighted by molar-refractivity contribution is 7.92. The molecule has 0 saturated heterocycles. The second-order valence-electron chi connectivity index (χ2n) is 6.66. The third-order valence-electron chi connectivity index (χ3n) is 4.35. The number of anilines is 1. The van der Waals surface area contributed by atoms with E-state index in [2.05, 4.69) is 11.4 Å². The number of nitrogens with zero attached hydrogens (tertiary/aromatic N) is 1. The predicted molar refractivity (Wildman–Crippen MR) is 108 cm³/mol. The molecule has 0 unspecified atom stereocenters. The molecule has 0 aliphatic rings. The molecule has 0 heterocycles. The van der Waals surface area contributed by atoms with Crippen LogP contribution in [0.25, 0.3) is 0 Å². The van der Waals surface area contributed by atoms with Crippen LogP contribution < -0.4 is 14.4 Å². The monoisotopic (exact) mass is 390 g/mol.